The number of esters is 1. The maximum Gasteiger partial charge on any atom is 0.338 e. The smallest absolute Gasteiger partial charge is 0.338 e. The molecule has 2 aromatic rings. The van der Waals surface area contributed by atoms with Crippen LogP contribution in [-0.2, 0) is 4.74 Å². The summed E-state index contributed by atoms with van der Waals surface area (Å²) in [6, 6.07) is 8.23. The Labute approximate surface area is 138 Å². The second-order valence-electron chi connectivity index (χ2n) is 4.83. The van der Waals surface area contributed by atoms with Crippen LogP contribution in [-0.4, -0.2) is 30.3 Å². The number of benzene rings is 2. The Morgan fingerprint density at radius 2 is 1.79 bits per heavy atom. The SMILES string of the molecule is CCOC(=O)c1cccc(C(=O)O)c1-c1ccc(OCC)cc1F. The molecule has 6 heteroatoms. The van der Waals surface area contributed by atoms with Gasteiger partial charge in [0, 0.05) is 17.2 Å². The molecule has 0 radical (unpaired) electrons. The third-order valence-electron chi connectivity index (χ3n) is 3.31. The summed E-state index contributed by atoms with van der Waals surface area (Å²) in [6.45, 7) is 3.90. The Hall–Kier alpha value is -2.89. The van der Waals surface area contributed by atoms with Crippen LogP contribution in [0.5, 0.6) is 5.75 Å². The molecule has 0 saturated heterocycles. The lowest BCUT2D eigenvalue weighted by Crippen LogP contribution is -2.11. The summed E-state index contributed by atoms with van der Waals surface area (Å²) in [6.07, 6.45) is 0. The molecule has 0 unspecified atom stereocenters. The van der Waals surface area contributed by atoms with Gasteiger partial charge in [0.2, 0.25) is 0 Å². The van der Waals surface area contributed by atoms with E-state index >= 15 is 0 Å². The van der Waals surface area contributed by atoms with Gasteiger partial charge in [-0.05, 0) is 38.1 Å². The first kappa shape index (κ1) is 17.5. The van der Waals surface area contributed by atoms with Crippen LogP contribution in [0.3, 0.4) is 0 Å². The number of rotatable bonds is 6. The van der Waals surface area contributed by atoms with E-state index in [4.69, 9.17) is 9.47 Å². The molecule has 2 rings (SSSR count). The van der Waals surface area contributed by atoms with Crippen LogP contribution in [0.25, 0.3) is 11.1 Å². The lowest BCUT2D eigenvalue weighted by molar-refractivity contribution is 0.0527. The molecule has 0 amide bonds. The van der Waals surface area contributed by atoms with Crippen molar-refractivity contribution >= 4 is 11.9 Å². The summed E-state index contributed by atoms with van der Waals surface area (Å²) in [5.41, 5.74) is -0.188. The Morgan fingerprint density at radius 3 is 2.38 bits per heavy atom. The van der Waals surface area contributed by atoms with Crippen LogP contribution >= 0.6 is 0 Å². The minimum Gasteiger partial charge on any atom is -0.494 e. The minimum atomic E-state index is -1.26. The van der Waals surface area contributed by atoms with Crippen molar-refractivity contribution in [3.63, 3.8) is 0 Å². The molecule has 0 bridgehead atoms. The number of halogens is 1. The van der Waals surface area contributed by atoms with Crippen molar-refractivity contribution in [2.24, 2.45) is 0 Å². The molecule has 0 spiro atoms. The first-order chi connectivity index (χ1) is 11.5. The van der Waals surface area contributed by atoms with Crippen molar-refractivity contribution in [1.29, 1.82) is 0 Å². The van der Waals surface area contributed by atoms with Crippen LogP contribution in [0, 0.1) is 5.82 Å². The van der Waals surface area contributed by atoms with Gasteiger partial charge in [-0.15, -0.1) is 0 Å². The van der Waals surface area contributed by atoms with E-state index in [1.165, 1.54) is 30.3 Å². The zero-order valence-corrected chi connectivity index (χ0v) is 13.3. The van der Waals surface area contributed by atoms with Gasteiger partial charge in [-0.1, -0.05) is 6.07 Å². The van der Waals surface area contributed by atoms with Gasteiger partial charge in [0.15, 0.2) is 0 Å². The fourth-order valence-electron chi connectivity index (χ4n) is 2.35. The number of ether oxygens (including phenoxy) is 2. The number of hydrogen-bond acceptors (Lipinski definition) is 4. The van der Waals surface area contributed by atoms with Crippen LogP contribution in [0.4, 0.5) is 4.39 Å². The van der Waals surface area contributed by atoms with Crippen LogP contribution in [0.2, 0.25) is 0 Å². The topological polar surface area (TPSA) is 72.8 Å². The molecular formula is C18H17FO5. The van der Waals surface area contributed by atoms with Gasteiger partial charge >= 0.3 is 11.9 Å². The van der Waals surface area contributed by atoms with E-state index in [2.05, 4.69) is 0 Å². The molecule has 0 aliphatic heterocycles. The fraction of sp³-hybridized carbons (Fsp3) is 0.222. The monoisotopic (exact) mass is 332 g/mol. The number of carboxylic acids is 1. The maximum atomic E-state index is 14.5. The fourth-order valence-corrected chi connectivity index (χ4v) is 2.35. The molecular weight excluding hydrogens is 315 g/mol. The first-order valence-corrected chi connectivity index (χ1v) is 7.45. The van der Waals surface area contributed by atoms with Gasteiger partial charge in [0.1, 0.15) is 11.6 Å². The largest absolute Gasteiger partial charge is 0.494 e. The zero-order chi connectivity index (χ0) is 17.7. The third kappa shape index (κ3) is 3.53. The Morgan fingerprint density at radius 1 is 1.08 bits per heavy atom. The average molecular weight is 332 g/mol. The van der Waals surface area contributed by atoms with Crippen molar-refractivity contribution in [2.75, 3.05) is 13.2 Å². The van der Waals surface area contributed by atoms with Crippen molar-refractivity contribution in [1.82, 2.24) is 0 Å². The summed E-state index contributed by atoms with van der Waals surface area (Å²) >= 11 is 0. The van der Waals surface area contributed by atoms with Crippen molar-refractivity contribution in [3.05, 3.63) is 53.3 Å². The standard InChI is InChI=1S/C18H17FO5/c1-3-23-11-8-9-12(15(19)10-11)16-13(17(20)21)6-5-7-14(16)18(22)24-4-2/h5-10H,3-4H2,1-2H3,(H,20,21). The molecule has 0 fully saturated rings. The summed E-state index contributed by atoms with van der Waals surface area (Å²) in [5, 5.41) is 9.39. The Bertz CT molecular complexity index is 770. The number of hydrogen-bond donors (Lipinski definition) is 1. The molecule has 0 aromatic heterocycles. The zero-order valence-electron chi connectivity index (χ0n) is 13.3. The number of aromatic carboxylic acids is 1. The quantitative estimate of drug-likeness (QED) is 0.815. The molecule has 126 valence electrons. The predicted octanol–water partition coefficient (Wildman–Crippen LogP) is 3.77. The highest BCUT2D eigenvalue weighted by atomic mass is 19.1. The molecule has 2 aromatic carbocycles. The number of carbonyl (C=O) groups excluding carboxylic acids is 1. The Kier molecular flexibility index (Phi) is 5.52. The number of carbonyl (C=O) groups is 2. The second kappa shape index (κ2) is 7.59. The van der Waals surface area contributed by atoms with Gasteiger partial charge in [0.25, 0.3) is 0 Å². The summed E-state index contributed by atoms with van der Waals surface area (Å²) < 4.78 is 24.7. The van der Waals surface area contributed by atoms with Crippen LogP contribution < -0.4 is 4.74 Å². The van der Waals surface area contributed by atoms with Crippen LogP contribution in [0.1, 0.15) is 34.6 Å². The van der Waals surface area contributed by atoms with Gasteiger partial charge in [-0.25, -0.2) is 14.0 Å². The lowest BCUT2D eigenvalue weighted by atomic mass is 9.93. The Balaban J connectivity index is 2.67. The van der Waals surface area contributed by atoms with E-state index in [1.54, 1.807) is 13.8 Å². The molecule has 24 heavy (non-hydrogen) atoms. The molecule has 0 aliphatic carbocycles. The summed E-state index contributed by atoms with van der Waals surface area (Å²) in [4.78, 5) is 23.6. The molecule has 5 nitrogen and oxygen atoms in total. The molecule has 0 saturated carbocycles. The predicted molar refractivity (Wildman–Crippen MR) is 85.9 cm³/mol. The van der Waals surface area contributed by atoms with Crippen LogP contribution in [0.15, 0.2) is 36.4 Å². The highest BCUT2D eigenvalue weighted by Gasteiger charge is 2.23. The number of carboxylic acid groups (broad SMARTS) is 1. The van der Waals surface area contributed by atoms with Gasteiger partial charge in [-0.3, -0.25) is 0 Å². The van der Waals surface area contributed by atoms with Gasteiger partial charge in [-0.2, -0.15) is 0 Å². The minimum absolute atomic E-state index is 0.000176. The van der Waals surface area contributed by atoms with E-state index in [-0.39, 0.29) is 28.9 Å². The van der Waals surface area contributed by atoms with Gasteiger partial charge < -0.3 is 14.6 Å². The van der Waals surface area contributed by atoms with E-state index in [9.17, 15) is 19.1 Å². The molecule has 0 atom stereocenters. The van der Waals surface area contributed by atoms with Crippen molar-refractivity contribution in [3.8, 4) is 16.9 Å². The normalized spacial score (nSPS) is 10.3. The maximum absolute atomic E-state index is 14.5. The highest BCUT2D eigenvalue weighted by Crippen LogP contribution is 2.32. The van der Waals surface area contributed by atoms with E-state index in [0.29, 0.717) is 12.4 Å². The van der Waals surface area contributed by atoms with E-state index in [1.807, 2.05) is 0 Å². The molecule has 1 N–H and O–H groups in total. The first-order valence-electron chi connectivity index (χ1n) is 7.45. The van der Waals surface area contributed by atoms with E-state index in [0.717, 1.165) is 6.07 Å². The summed E-state index contributed by atoms with van der Waals surface area (Å²) in [7, 11) is 0. The van der Waals surface area contributed by atoms with E-state index < -0.39 is 17.8 Å². The highest BCUT2D eigenvalue weighted by molar-refractivity contribution is 6.05. The summed E-state index contributed by atoms with van der Waals surface area (Å²) in [5.74, 6) is -2.32. The van der Waals surface area contributed by atoms with Gasteiger partial charge in [0.05, 0.1) is 24.3 Å². The van der Waals surface area contributed by atoms with Crippen molar-refractivity contribution in [2.45, 2.75) is 13.8 Å². The molecule has 0 heterocycles. The second-order valence-corrected chi connectivity index (χ2v) is 4.83. The van der Waals surface area contributed by atoms with Crippen molar-refractivity contribution < 1.29 is 28.6 Å². The molecule has 0 aliphatic rings. The lowest BCUT2D eigenvalue weighted by Gasteiger charge is -2.14. The average Bonchev–Trinajstić information content (AvgIpc) is 2.55. The third-order valence-corrected chi connectivity index (χ3v) is 3.31.